The van der Waals surface area contributed by atoms with Gasteiger partial charge in [0.1, 0.15) is 36.1 Å². The minimum Gasteiger partial charge on any atom is -0.497 e. The molecule has 1 aliphatic heterocycles. The third kappa shape index (κ3) is 4.40. The number of aryl methyl sites for hydroxylation is 2. The first-order chi connectivity index (χ1) is 17.5. The fourth-order valence-corrected chi connectivity index (χ4v) is 4.36. The van der Waals surface area contributed by atoms with E-state index < -0.39 is 5.97 Å². The Morgan fingerprint density at radius 1 is 0.972 bits per heavy atom. The molecule has 36 heavy (non-hydrogen) atoms. The molecule has 0 amide bonds. The highest BCUT2D eigenvalue weighted by atomic mass is 16.6. The molecule has 0 unspecified atom stereocenters. The molecule has 5 rings (SSSR count). The van der Waals surface area contributed by atoms with Gasteiger partial charge < -0.3 is 23.4 Å². The minimum absolute atomic E-state index is 0.157. The molecular weight excluding hydrogens is 460 g/mol. The zero-order chi connectivity index (χ0) is 25.2. The lowest BCUT2D eigenvalue weighted by atomic mass is 9.99. The zero-order valence-corrected chi connectivity index (χ0v) is 20.4. The highest BCUT2D eigenvalue weighted by molar-refractivity contribution is 5.92. The number of benzene rings is 3. The van der Waals surface area contributed by atoms with Crippen molar-refractivity contribution < 1.29 is 28.2 Å². The largest absolute Gasteiger partial charge is 0.497 e. The monoisotopic (exact) mass is 486 g/mol. The van der Waals surface area contributed by atoms with Crippen LogP contribution in [-0.4, -0.2) is 26.3 Å². The molecule has 0 atom stereocenters. The van der Waals surface area contributed by atoms with Crippen LogP contribution in [0.3, 0.4) is 0 Å². The molecule has 0 bridgehead atoms. The van der Waals surface area contributed by atoms with Gasteiger partial charge in [-0.25, -0.2) is 4.79 Å². The van der Waals surface area contributed by atoms with Gasteiger partial charge in [-0.05, 0) is 66.9 Å². The van der Waals surface area contributed by atoms with Crippen molar-refractivity contribution in [3.05, 3.63) is 81.7 Å². The number of esters is 1. The Balaban J connectivity index is 1.56. The first-order valence-corrected chi connectivity index (χ1v) is 11.8. The van der Waals surface area contributed by atoms with E-state index >= 15 is 0 Å². The quantitative estimate of drug-likeness (QED) is 0.255. The topological polar surface area (TPSA) is 84.2 Å². The van der Waals surface area contributed by atoms with Crippen LogP contribution in [0.1, 0.15) is 35.0 Å². The number of hydrogen-bond acceptors (Lipinski definition) is 7. The molecule has 0 fully saturated rings. The Labute approximate surface area is 208 Å². The Morgan fingerprint density at radius 2 is 1.72 bits per heavy atom. The predicted molar refractivity (Wildman–Crippen MR) is 136 cm³/mol. The number of ether oxygens (including phenoxy) is 4. The standard InChI is InChI=1S/C29H26O7/c1-4-5-19-14-22-25(16-24(19)36-29(31)18-6-9-21(32-3)10-7-18)35-17(2)27(28(22)30)20-8-11-23-26(15-20)34-13-12-33-23/h6-11,14-16H,4-5,12-13H2,1-3H3. The molecule has 1 aromatic heterocycles. The van der Waals surface area contributed by atoms with Crippen molar-refractivity contribution in [2.75, 3.05) is 20.3 Å². The smallest absolute Gasteiger partial charge is 0.343 e. The molecule has 0 aliphatic carbocycles. The van der Waals surface area contributed by atoms with E-state index in [1.807, 2.05) is 13.0 Å². The molecule has 7 nitrogen and oxygen atoms in total. The van der Waals surface area contributed by atoms with E-state index in [0.29, 0.717) is 76.1 Å². The van der Waals surface area contributed by atoms with Crippen LogP contribution in [-0.2, 0) is 6.42 Å². The Morgan fingerprint density at radius 3 is 2.44 bits per heavy atom. The van der Waals surface area contributed by atoms with Crippen molar-refractivity contribution in [2.45, 2.75) is 26.7 Å². The van der Waals surface area contributed by atoms with Crippen molar-refractivity contribution in [1.82, 2.24) is 0 Å². The summed E-state index contributed by atoms with van der Waals surface area (Å²) >= 11 is 0. The number of fused-ring (bicyclic) bond motifs is 2. The maximum Gasteiger partial charge on any atom is 0.343 e. The fourth-order valence-electron chi connectivity index (χ4n) is 4.36. The van der Waals surface area contributed by atoms with E-state index in [2.05, 4.69) is 0 Å². The van der Waals surface area contributed by atoms with Crippen LogP contribution in [0.5, 0.6) is 23.0 Å². The van der Waals surface area contributed by atoms with E-state index in [1.54, 1.807) is 62.6 Å². The molecule has 2 heterocycles. The molecule has 0 spiro atoms. The van der Waals surface area contributed by atoms with E-state index in [0.717, 1.165) is 12.0 Å². The Bertz CT molecular complexity index is 1500. The van der Waals surface area contributed by atoms with Crippen molar-refractivity contribution in [3.63, 3.8) is 0 Å². The van der Waals surface area contributed by atoms with Gasteiger partial charge in [0.05, 0.1) is 23.6 Å². The first-order valence-electron chi connectivity index (χ1n) is 11.8. The molecule has 0 N–H and O–H groups in total. The van der Waals surface area contributed by atoms with Crippen LogP contribution in [0.4, 0.5) is 0 Å². The normalized spacial score (nSPS) is 12.4. The van der Waals surface area contributed by atoms with E-state index in [4.69, 9.17) is 23.4 Å². The third-order valence-corrected chi connectivity index (χ3v) is 6.13. The predicted octanol–water partition coefficient (Wildman–Crippen LogP) is 5.72. The molecule has 0 saturated carbocycles. The second-order valence-electron chi connectivity index (χ2n) is 8.54. The molecule has 4 aromatic rings. The molecule has 1 aliphatic rings. The molecule has 0 radical (unpaired) electrons. The van der Waals surface area contributed by atoms with Gasteiger partial charge in [0, 0.05) is 6.07 Å². The summed E-state index contributed by atoms with van der Waals surface area (Å²) in [5.41, 5.74) is 2.51. The van der Waals surface area contributed by atoms with Gasteiger partial charge in [-0.2, -0.15) is 0 Å². The summed E-state index contributed by atoms with van der Waals surface area (Å²) in [6.45, 7) is 4.72. The zero-order valence-electron chi connectivity index (χ0n) is 20.4. The van der Waals surface area contributed by atoms with Gasteiger partial charge in [0.2, 0.25) is 5.43 Å². The van der Waals surface area contributed by atoms with Crippen LogP contribution < -0.4 is 24.4 Å². The van der Waals surface area contributed by atoms with Crippen LogP contribution in [0.2, 0.25) is 0 Å². The molecule has 7 heteroatoms. The van der Waals surface area contributed by atoms with Crippen molar-refractivity contribution >= 4 is 16.9 Å². The van der Waals surface area contributed by atoms with Gasteiger partial charge in [-0.15, -0.1) is 0 Å². The summed E-state index contributed by atoms with van der Waals surface area (Å²) in [7, 11) is 1.56. The summed E-state index contributed by atoms with van der Waals surface area (Å²) in [5, 5.41) is 0.429. The summed E-state index contributed by atoms with van der Waals surface area (Å²) < 4.78 is 28.3. The van der Waals surface area contributed by atoms with Crippen molar-refractivity contribution in [3.8, 4) is 34.1 Å². The van der Waals surface area contributed by atoms with Crippen LogP contribution in [0.25, 0.3) is 22.1 Å². The van der Waals surface area contributed by atoms with Crippen LogP contribution in [0.15, 0.2) is 63.8 Å². The maximum absolute atomic E-state index is 13.6. The minimum atomic E-state index is -0.499. The number of methoxy groups -OCH3 is 1. The Kier molecular flexibility index (Phi) is 6.38. The van der Waals surface area contributed by atoms with Gasteiger partial charge in [-0.3, -0.25) is 4.79 Å². The second-order valence-corrected chi connectivity index (χ2v) is 8.54. The van der Waals surface area contributed by atoms with Gasteiger partial charge in [0.15, 0.2) is 11.5 Å². The van der Waals surface area contributed by atoms with Crippen LogP contribution in [0, 0.1) is 6.92 Å². The van der Waals surface area contributed by atoms with Crippen molar-refractivity contribution in [2.24, 2.45) is 0 Å². The summed E-state index contributed by atoms with van der Waals surface area (Å²) in [5.74, 6) is 2.24. The van der Waals surface area contributed by atoms with Gasteiger partial charge in [0.25, 0.3) is 0 Å². The van der Waals surface area contributed by atoms with Crippen LogP contribution >= 0.6 is 0 Å². The maximum atomic E-state index is 13.6. The number of carbonyl (C=O) groups excluding carboxylic acids is 1. The molecule has 3 aromatic carbocycles. The summed E-state index contributed by atoms with van der Waals surface area (Å²) in [6, 6.07) is 15.5. The van der Waals surface area contributed by atoms with E-state index in [9.17, 15) is 9.59 Å². The number of rotatable bonds is 6. The first kappa shape index (κ1) is 23.5. The van der Waals surface area contributed by atoms with Gasteiger partial charge >= 0.3 is 5.97 Å². The highest BCUT2D eigenvalue weighted by Gasteiger charge is 2.20. The number of hydrogen-bond donors (Lipinski definition) is 0. The van der Waals surface area contributed by atoms with E-state index in [-0.39, 0.29) is 5.43 Å². The SMILES string of the molecule is CCCc1cc2c(=O)c(-c3ccc4c(c3)OCCO4)c(C)oc2cc1OC(=O)c1ccc(OC)cc1. The second kappa shape index (κ2) is 9.77. The average molecular weight is 487 g/mol. The molecule has 184 valence electrons. The summed E-state index contributed by atoms with van der Waals surface area (Å²) in [6.07, 6.45) is 1.44. The average Bonchev–Trinajstić information content (AvgIpc) is 2.89. The lowest BCUT2D eigenvalue weighted by Gasteiger charge is -2.19. The van der Waals surface area contributed by atoms with Gasteiger partial charge in [-0.1, -0.05) is 19.4 Å². The number of carbonyl (C=O) groups is 1. The van der Waals surface area contributed by atoms with E-state index in [1.165, 1.54) is 0 Å². The molecular formula is C29H26O7. The highest BCUT2D eigenvalue weighted by Crippen LogP contribution is 2.36. The Hall–Kier alpha value is -4.26. The molecule has 0 saturated heterocycles. The lowest BCUT2D eigenvalue weighted by Crippen LogP contribution is -2.15. The van der Waals surface area contributed by atoms with Crippen molar-refractivity contribution in [1.29, 1.82) is 0 Å². The third-order valence-electron chi connectivity index (χ3n) is 6.13. The fraction of sp³-hybridized carbons (Fsp3) is 0.241. The lowest BCUT2D eigenvalue weighted by molar-refractivity contribution is 0.0733. The summed E-state index contributed by atoms with van der Waals surface area (Å²) in [4.78, 5) is 26.5.